The van der Waals surface area contributed by atoms with Gasteiger partial charge in [0, 0.05) is 24.2 Å². The maximum atomic E-state index is 5.89. The molecular formula is C17H24N2O. The third-order valence-electron chi connectivity index (χ3n) is 3.87. The quantitative estimate of drug-likeness (QED) is 0.877. The molecule has 0 fully saturated rings. The van der Waals surface area contributed by atoms with E-state index in [0.717, 1.165) is 18.5 Å². The van der Waals surface area contributed by atoms with Gasteiger partial charge in [0.15, 0.2) is 0 Å². The molecule has 3 nitrogen and oxygen atoms in total. The number of aromatic nitrogens is 1. The highest BCUT2D eigenvalue weighted by atomic mass is 16.5. The lowest BCUT2D eigenvalue weighted by Crippen LogP contribution is -2.48. The predicted octanol–water partition coefficient (Wildman–Crippen LogP) is 3.18. The van der Waals surface area contributed by atoms with Crippen LogP contribution in [-0.4, -0.2) is 30.3 Å². The van der Waals surface area contributed by atoms with Crippen LogP contribution >= 0.6 is 0 Å². The molecule has 20 heavy (non-hydrogen) atoms. The SMILES string of the molecule is CCOC(C)(C)C(Cc1ccnc2ccccc12)NC. The fraction of sp³-hybridized carbons (Fsp3) is 0.471. The van der Waals surface area contributed by atoms with Gasteiger partial charge in [-0.3, -0.25) is 4.98 Å². The summed E-state index contributed by atoms with van der Waals surface area (Å²) in [5.41, 5.74) is 2.16. The van der Waals surface area contributed by atoms with Crippen molar-refractivity contribution in [3.05, 3.63) is 42.1 Å². The van der Waals surface area contributed by atoms with Crippen molar-refractivity contribution in [3.63, 3.8) is 0 Å². The van der Waals surface area contributed by atoms with Crippen LogP contribution < -0.4 is 5.32 Å². The minimum atomic E-state index is -0.201. The predicted molar refractivity (Wildman–Crippen MR) is 84.0 cm³/mol. The van der Waals surface area contributed by atoms with Crippen molar-refractivity contribution in [2.24, 2.45) is 0 Å². The fourth-order valence-electron chi connectivity index (χ4n) is 2.72. The Bertz CT molecular complexity index is 560. The van der Waals surface area contributed by atoms with Crippen molar-refractivity contribution in [3.8, 4) is 0 Å². The van der Waals surface area contributed by atoms with E-state index >= 15 is 0 Å². The smallest absolute Gasteiger partial charge is 0.0781 e. The number of para-hydroxylation sites is 1. The summed E-state index contributed by atoms with van der Waals surface area (Å²) < 4.78 is 5.89. The summed E-state index contributed by atoms with van der Waals surface area (Å²) in [6.45, 7) is 7.04. The molecule has 1 aromatic carbocycles. The van der Waals surface area contributed by atoms with E-state index in [0.29, 0.717) is 0 Å². The number of nitrogens with zero attached hydrogens (tertiary/aromatic N) is 1. The third-order valence-corrected chi connectivity index (χ3v) is 3.87. The Morgan fingerprint density at radius 3 is 2.70 bits per heavy atom. The monoisotopic (exact) mass is 272 g/mol. The molecule has 0 aliphatic rings. The first-order chi connectivity index (χ1) is 9.58. The molecule has 0 spiro atoms. The Hall–Kier alpha value is -1.45. The van der Waals surface area contributed by atoms with E-state index in [2.05, 4.69) is 48.4 Å². The molecule has 2 aromatic rings. The highest BCUT2D eigenvalue weighted by Crippen LogP contribution is 2.23. The van der Waals surface area contributed by atoms with Crippen molar-refractivity contribution >= 4 is 10.9 Å². The molecule has 0 bridgehead atoms. The lowest BCUT2D eigenvalue weighted by atomic mass is 9.91. The van der Waals surface area contributed by atoms with E-state index in [1.165, 1.54) is 10.9 Å². The molecule has 0 saturated carbocycles. The number of benzene rings is 1. The van der Waals surface area contributed by atoms with Gasteiger partial charge in [0.25, 0.3) is 0 Å². The minimum Gasteiger partial charge on any atom is -0.374 e. The Labute approximate surface area is 121 Å². The molecule has 1 heterocycles. The maximum Gasteiger partial charge on any atom is 0.0781 e. The van der Waals surface area contributed by atoms with Gasteiger partial charge >= 0.3 is 0 Å². The second-order valence-corrected chi connectivity index (χ2v) is 5.57. The van der Waals surface area contributed by atoms with Crippen LogP contribution in [0.25, 0.3) is 10.9 Å². The summed E-state index contributed by atoms with van der Waals surface area (Å²) in [4.78, 5) is 4.42. The van der Waals surface area contributed by atoms with Crippen molar-refractivity contribution < 1.29 is 4.74 Å². The summed E-state index contributed by atoms with van der Waals surface area (Å²) in [5.74, 6) is 0. The normalized spacial score (nSPS) is 13.6. The van der Waals surface area contributed by atoms with Gasteiger partial charge in [0.2, 0.25) is 0 Å². The second kappa shape index (κ2) is 6.33. The third kappa shape index (κ3) is 3.17. The molecule has 0 saturated heterocycles. The van der Waals surface area contributed by atoms with Gasteiger partial charge < -0.3 is 10.1 Å². The van der Waals surface area contributed by atoms with Crippen molar-refractivity contribution in [1.82, 2.24) is 10.3 Å². The van der Waals surface area contributed by atoms with E-state index in [1.54, 1.807) is 0 Å². The van der Waals surface area contributed by atoms with Gasteiger partial charge in [-0.1, -0.05) is 18.2 Å². The van der Waals surface area contributed by atoms with Crippen LogP contribution in [0.2, 0.25) is 0 Å². The van der Waals surface area contributed by atoms with Crippen LogP contribution in [-0.2, 0) is 11.2 Å². The first kappa shape index (κ1) is 14.9. The van der Waals surface area contributed by atoms with Crippen LogP contribution in [0.3, 0.4) is 0 Å². The van der Waals surface area contributed by atoms with E-state index < -0.39 is 0 Å². The Balaban J connectivity index is 2.30. The number of nitrogens with one attached hydrogen (secondary N) is 1. The molecule has 0 amide bonds. The average molecular weight is 272 g/mol. The number of fused-ring (bicyclic) bond motifs is 1. The summed E-state index contributed by atoms with van der Waals surface area (Å²) >= 11 is 0. The van der Waals surface area contributed by atoms with Crippen LogP contribution in [0.1, 0.15) is 26.3 Å². The number of hydrogen-bond donors (Lipinski definition) is 1. The number of ether oxygens (including phenoxy) is 1. The first-order valence-corrected chi connectivity index (χ1v) is 7.22. The summed E-state index contributed by atoms with van der Waals surface area (Å²) in [5, 5.41) is 4.62. The minimum absolute atomic E-state index is 0.201. The molecule has 3 heteroatoms. The highest BCUT2D eigenvalue weighted by molar-refractivity contribution is 5.81. The summed E-state index contributed by atoms with van der Waals surface area (Å²) in [6.07, 6.45) is 2.81. The fourth-order valence-corrected chi connectivity index (χ4v) is 2.72. The number of hydrogen-bond acceptors (Lipinski definition) is 3. The van der Waals surface area contributed by atoms with Gasteiger partial charge in [-0.25, -0.2) is 0 Å². The molecule has 2 rings (SSSR count). The number of likely N-dealkylation sites (N-methyl/N-ethyl adjacent to an activating group) is 1. The molecule has 1 atom stereocenters. The highest BCUT2D eigenvalue weighted by Gasteiger charge is 2.29. The number of pyridine rings is 1. The summed E-state index contributed by atoms with van der Waals surface area (Å²) in [7, 11) is 1.99. The Kier molecular flexibility index (Phi) is 4.73. The topological polar surface area (TPSA) is 34.1 Å². The molecule has 1 aromatic heterocycles. The second-order valence-electron chi connectivity index (χ2n) is 5.57. The van der Waals surface area contributed by atoms with Crippen molar-refractivity contribution in [1.29, 1.82) is 0 Å². The molecule has 0 aliphatic heterocycles. The molecular weight excluding hydrogens is 248 g/mol. The van der Waals surface area contributed by atoms with Crippen LogP contribution in [0.15, 0.2) is 36.5 Å². The standard InChI is InChI=1S/C17H24N2O/c1-5-20-17(2,3)16(18-4)12-13-10-11-19-15-9-7-6-8-14(13)15/h6-11,16,18H,5,12H2,1-4H3. The van der Waals surface area contributed by atoms with Crippen LogP contribution in [0, 0.1) is 0 Å². The molecule has 1 N–H and O–H groups in total. The van der Waals surface area contributed by atoms with Gasteiger partial charge in [-0.15, -0.1) is 0 Å². The van der Waals surface area contributed by atoms with Crippen molar-refractivity contribution in [2.45, 2.75) is 38.8 Å². The average Bonchev–Trinajstić information content (AvgIpc) is 2.44. The molecule has 0 radical (unpaired) electrons. The zero-order chi connectivity index (χ0) is 14.6. The first-order valence-electron chi connectivity index (χ1n) is 7.22. The van der Waals surface area contributed by atoms with E-state index in [4.69, 9.17) is 4.74 Å². The van der Waals surface area contributed by atoms with Crippen LogP contribution in [0.5, 0.6) is 0 Å². The van der Waals surface area contributed by atoms with E-state index in [-0.39, 0.29) is 11.6 Å². The molecule has 0 aliphatic carbocycles. The maximum absolute atomic E-state index is 5.89. The Morgan fingerprint density at radius 2 is 2.00 bits per heavy atom. The lowest BCUT2D eigenvalue weighted by Gasteiger charge is -2.34. The van der Waals surface area contributed by atoms with Crippen LogP contribution in [0.4, 0.5) is 0 Å². The Morgan fingerprint density at radius 1 is 1.25 bits per heavy atom. The van der Waals surface area contributed by atoms with E-state index in [1.807, 2.05) is 26.2 Å². The van der Waals surface area contributed by atoms with Gasteiger partial charge in [-0.05, 0) is 51.9 Å². The molecule has 1 unspecified atom stereocenters. The zero-order valence-electron chi connectivity index (χ0n) is 12.8. The van der Waals surface area contributed by atoms with Gasteiger partial charge in [0.1, 0.15) is 0 Å². The molecule has 108 valence electrons. The number of rotatable bonds is 6. The largest absolute Gasteiger partial charge is 0.374 e. The van der Waals surface area contributed by atoms with Gasteiger partial charge in [-0.2, -0.15) is 0 Å². The van der Waals surface area contributed by atoms with Crippen molar-refractivity contribution in [2.75, 3.05) is 13.7 Å². The van der Waals surface area contributed by atoms with Gasteiger partial charge in [0.05, 0.1) is 11.1 Å². The van der Waals surface area contributed by atoms with E-state index in [9.17, 15) is 0 Å². The zero-order valence-corrected chi connectivity index (χ0v) is 12.8. The lowest BCUT2D eigenvalue weighted by molar-refractivity contribution is -0.0362. The summed E-state index contributed by atoms with van der Waals surface area (Å²) in [6, 6.07) is 10.6.